The molecule has 0 spiro atoms. The standard InChI is InChI=1S/C11H23N3/c1-9-7-11(13(2)6-5-12)8-14(9)10-3-4-10/h9-11H,3-8,12H2,1-2H3. The van der Waals surface area contributed by atoms with E-state index in [0.717, 1.165) is 31.2 Å². The summed E-state index contributed by atoms with van der Waals surface area (Å²) >= 11 is 0. The Morgan fingerprint density at radius 3 is 2.71 bits per heavy atom. The first-order valence-corrected chi connectivity index (χ1v) is 5.88. The van der Waals surface area contributed by atoms with Crippen LogP contribution in [0.2, 0.25) is 0 Å². The maximum Gasteiger partial charge on any atom is 0.0235 e. The molecule has 2 atom stereocenters. The van der Waals surface area contributed by atoms with Gasteiger partial charge in [-0.15, -0.1) is 0 Å². The highest BCUT2D eigenvalue weighted by atomic mass is 15.3. The predicted octanol–water partition coefficient (Wildman–Crippen LogP) is 0.502. The maximum atomic E-state index is 5.58. The first-order chi connectivity index (χ1) is 6.72. The van der Waals surface area contributed by atoms with Crippen LogP contribution >= 0.6 is 0 Å². The van der Waals surface area contributed by atoms with Gasteiger partial charge < -0.3 is 10.6 Å². The smallest absolute Gasteiger partial charge is 0.0235 e. The summed E-state index contributed by atoms with van der Waals surface area (Å²) in [7, 11) is 2.21. The average Bonchev–Trinajstić information content (AvgIpc) is 2.91. The van der Waals surface area contributed by atoms with Crippen molar-refractivity contribution in [2.45, 2.75) is 44.3 Å². The van der Waals surface area contributed by atoms with Crippen molar-refractivity contribution in [3.63, 3.8) is 0 Å². The molecule has 2 unspecified atom stereocenters. The van der Waals surface area contributed by atoms with Crippen LogP contribution in [0.25, 0.3) is 0 Å². The second-order valence-electron chi connectivity index (χ2n) is 4.94. The second-order valence-corrected chi connectivity index (χ2v) is 4.94. The van der Waals surface area contributed by atoms with Gasteiger partial charge in [0.2, 0.25) is 0 Å². The fourth-order valence-electron chi connectivity index (χ4n) is 2.65. The monoisotopic (exact) mass is 197 g/mol. The van der Waals surface area contributed by atoms with Gasteiger partial charge in [0.05, 0.1) is 0 Å². The summed E-state index contributed by atoms with van der Waals surface area (Å²) < 4.78 is 0. The zero-order valence-electron chi connectivity index (χ0n) is 9.45. The number of nitrogens with two attached hydrogens (primary N) is 1. The summed E-state index contributed by atoms with van der Waals surface area (Å²) in [6.45, 7) is 5.46. The molecule has 1 saturated heterocycles. The molecule has 0 aromatic rings. The van der Waals surface area contributed by atoms with Crippen LogP contribution in [0, 0.1) is 0 Å². The normalized spacial score (nSPS) is 34.3. The molecule has 82 valence electrons. The molecule has 0 amide bonds. The third kappa shape index (κ3) is 2.10. The summed E-state index contributed by atoms with van der Waals surface area (Å²) in [5, 5.41) is 0. The van der Waals surface area contributed by atoms with Crippen molar-refractivity contribution in [2.24, 2.45) is 5.73 Å². The number of hydrogen-bond acceptors (Lipinski definition) is 3. The molecule has 0 aromatic carbocycles. The van der Waals surface area contributed by atoms with E-state index in [2.05, 4.69) is 23.8 Å². The van der Waals surface area contributed by atoms with Crippen LogP contribution < -0.4 is 5.73 Å². The first kappa shape index (κ1) is 10.4. The molecular formula is C11H23N3. The lowest BCUT2D eigenvalue weighted by atomic mass is 10.2. The minimum atomic E-state index is 0.745. The third-order valence-corrected chi connectivity index (χ3v) is 3.72. The number of likely N-dealkylation sites (tertiary alicyclic amines) is 1. The average molecular weight is 197 g/mol. The van der Waals surface area contributed by atoms with Crippen molar-refractivity contribution in [2.75, 3.05) is 26.7 Å². The summed E-state index contributed by atoms with van der Waals surface area (Å²) in [4.78, 5) is 5.12. The van der Waals surface area contributed by atoms with Gasteiger partial charge in [-0.1, -0.05) is 0 Å². The van der Waals surface area contributed by atoms with Gasteiger partial charge in [0.1, 0.15) is 0 Å². The van der Waals surface area contributed by atoms with Crippen LogP contribution in [0.15, 0.2) is 0 Å². The molecule has 14 heavy (non-hydrogen) atoms. The van der Waals surface area contributed by atoms with Gasteiger partial charge in [-0.2, -0.15) is 0 Å². The van der Waals surface area contributed by atoms with E-state index >= 15 is 0 Å². The Kier molecular flexibility index (Phi) is 3.10. The van der Waals surface area contributed by atoms with E-state index in [0.29, 0.717) is 0 Å². The Morgan fingerprint density at radius 2 is 2.14 bits per heavy atom. The van der Waals surface area contributed by atoms with Gasteiger partial charge in [-0.3, -0.25) is 4.90 Å². The van der Waals surface area contributed by atoms with Gasteiger partial charge in [-0.25, -0.2) is 0 Å². The topological polar surface area (TPSA) is 32.5 Å². The number of hydrogen-bond donors (Lipinski definition) is 1. The molecule has 3 heteroatoms. The molecule has 2 fully saturated rings. The molecule has 0 bridgehead atoms. The van der Waals surface area contributed by atoms with E-state index in [-0.39, 0.29) is 0 Å². The predicted molar refractivity (Wildman–Crippen MR) is 59.3 cm³/mol. The molecule has 1 saturated carbocycles. The molecule has 1 aliphatic heterocycles. The van der Waals surface area contributed by atoms with Crippen molar-refractivity contribution >= 4 is 0 Å². The van der Waals surface area contributed by atoms with E-state index in [1.54, 1.807) is 0 Å². The Labute approximate surface area is 87.2 Å². The number of nitrogens with zero attached hydrogens (tertiary/aromatic N) is 2. The summed E-state index contributed by atoms with van der Waals surface area (Å²) in [6, 6.07) is 2.45. The lowest BCUT2D eigenvalue weighted by molar-refractivity contribution is 0.223. The third-order valence-electron chi connectivity index (χ3n) is 3.72. The minimum Gasteiger partial charge on any atom is -0.329 e. The molecule has 0 aromatic heterocycles. The zero-order valence-corrected chi connectivity index (χ0v) is 9.45. The van der Waals surface area contributed by atoms with Crippen LogP contribution in [-0.2, 0) is 0 Å². The number of rotatable bonds is 4. The lowest BCUT2D eigenvalue weighted by Gasteiger charge is -2.24. The Morgan fingerprint density at radius 1 is 1.43 bits per heavy atom. The van der Waals surface area contributed by atoms with Crippen LogP contribution in [0.5, 0.6) is 0 Å². The van der Waals surface area contributed by atoms with Crippen LogP contribution in [0.3, 0.4) is 0 Å². The Hall–Kier alpha value is -0.120. The summed E-state index contributed by atoms with van der Waals surface area (Å²) in [5.41, 5.74) is 5.58. The van der Waals surface area contributed by atoms with Gasteiger partial charge in [0.15, 0.2) is 0 Å². The SMILES string of the molecule is CC1CC(N(C)CCN)CN1C1CC1. The van der Waals surface area contributed by atoms with Crippen molar-refractivity contribution in [1.82, 2.24) is 9.80 Å². The fraction of sp³-hybridized carbons (Fsp3) is 1.00. The molecule has 1 aliphatic carbocycles. The van der Waals surface area contributed by atoms with Crippen molar-refractivity contribution < 1.29 is 0 Å². The van der Waals surface area contributed by atoms with E-state index in [1.165, 1.54) is 25.8 Å². The van der Waals surface area contributed by atoms with Crippen molar-refractivity contribution in [1.29, 1.82) is 0 Å². The quantitative estimate of drug-likeness (QED) is 0.712. The highest BCUT2D eigenvalue weighted by Gasteiger charge is 2.39. The van der Waals surface area contributed by atoms with Crippen LogP contribution in [0.1, 0.15) is 26.2 Å². The lowest BCUT2D eigenvalue weighted by Crippen LogP contribution is -2.38. The number of likely N-dealkylation sites (N-methyl/N-ethyl adjacent to an activating group) is 1. The van der Waals surface area contributed by atoms with Gasteiger partial charge in [0, 0.05) is 37.8 Å². The molecule has 2 rings (SSSR count). The Bertz CT molecular complexity index is 191. The fourth-order valence-corrected chi connectivity index (χ4v) is 2.65. The van der Waals surface area contributed by atoms with Crippen LogP contribution in [-0.4, -0.2) is 54.6 Å². The van der Waals surface area contributed by atoms with E-state index < -0.39 is 0 Å². The molecule has 0 radical (unpaired) electrons. The largest absolute Gasteiger partial charge is 0.329 e. The molecule has 2 N–H and O–H groups in total. The van der Waals surface area contributed by atoms with Gasteiger partial charge >= 0.3 is 0 Å². The van der Waals surface area contributed by atoms with Crippen molar-refractivity contribution in [3.8, 4) is 0 Å². The van der Waals surface area contributed by atoms with Gasteiger partial charge in [0.25, 0.3) is 0 Å². The first-order valence-electron chi connectivity index (χ1n) is 5.88. The molecular weight excluding hydrogens is 174 g/mol. The van der Waals surface area contributed by atoms with Crippen molar-refractivity contribution in [3.05, 3.63) is 0 Å². The Balaban J connectivity index is 1.85. The second kappa shape index (κ2) is 4.17. The molecule has 3 nitrogen and oxygen atoms in total. The minimum absolute atomic E-state index is 0.745. The van der Waals surface area contributed by atoms with E-state index in [4.69, 9.17) is 5.73 Å². The van der Waals surface area contributed by atoms with E-state index in [9.17, 15) is 0 Å². The van der Waals surface area contributed by atoms with Gasteiger partial charge in [-0.05, 0) is 33.2 Å². The zero-order chi connectivity index (χ0) is 10.1. The summed E-state index contributed by atoms with van der Waals surface area (Å²) in [6.07, 6.45) is 4.18. The molecule has 2 aliphatic rings. The van der Waals surface area contributed by atoms with Crippen LogP contribution in [0.4, 0.5) is 0 Å². The molecule has 1 heterocycles. The highest BCUT2D eigenvalue weighted by Crippen LogP contribution is 2.34. The van der Waals surface area contributed by atoms with E-state index in [1.807, 2.05) is 0 Å². The summed E-state index contributed by atoms with van der Waals surface area (Å²) in [5.74, 6) is 0. The maximum absolute atomic E-state index is 5.58. The highest BCUT2D eigenvalue weighted by molar-refractivity contribution is 4.96.